The second kappa shape index (κ2) is 5.52. The van der Waals surface area contributed by atoms with Gasteiger partial charge in [-0.25, -0.2) is 4.39 Å². The van der Waals surface area contributed by atoms with Gasteiger partial charge in [-0.05, 0) is 30.2 Å². The lowest BCUT2D eigenvalue weighted by Crippen LogP contribution is -2.17. The molecule has 4 heteroatoms. The van der Waals surface area contributed by atoms with E-state index in [0.29, 0.717) is 0 Å². The Kier molecular flexibility index (Phi) is 3.80. The molecule has 2 aromatic carbocycles. The molecule has 3 nitrogen and oxygen atoms in total. The Balaban J connectivity index is 2.12. The number of nitrogens with one attached hydrogen (secondary N) is 1. The number of nitrogen functional groups attached to an aromatic ring is 1. The van der Waals surface area contributed by atoms with E-state index in [-0.39, 0.29) is 23.7 Å². The number of rotatable bonds is 3. The highest BCUT2D eigenvalue weighted by molar-refractivity contribution is 5.95. The first-order chi connectivity index (χ1) is 9.08. The molecule has 0 aliphatic rings. The van der Waals surface area contributed by atoms with E-state index in [1.807, 2.05) is 31.2 Å². The van der Waals surface area contributed by atoms with Crippen molar-refractivity contribution in [3.63, 3.8) is 0 Å². The Hall–Kier alpha value is -2.36. The van der Waals surface area contributed by atoms with Gasteiger partial charge in [0.25, 0.3) is 0 Å². The Morgan fingerprint density at radius 3 is 2.63 bits per heavy atom. The molecule has 2 rings (SSSR count). The molecule has 0 spiro atoms. The highest BCUT2D eigenvalue weighted by atomic mass is 19.1. The highest BCUT2D eigenvalue weighted by Gasteiger charge is 2.11. The summed E-state index contributed by atoms with van der Waals surface area (Å²) in [5, 5.41) is 2.52. The number of aryl methyl sites for hydroxylation is 1. The van der Waals surface area contributed by atoms with Crippen molar-refractivity contribution in [2.24, 2.45) is 0 Å². The van der Waals surface area contributed by atoms with Gasteiger partial charge >= 0.3 is 0 Å². The molecule has 0 aromatic heterocycles. The van der Waals surface area contributed by atoms with Crippen molar-refractivity contribution in [2.75, 3.05) is 11.1 Å². The lowest BCUT2D eigenvalue weighted by Gasteiger charge is -2.10. The Labute approximate surface area is 111 Å². The van der Waals surface area contributed by atoms with E-state index >= 15 is 0 Å². The standard InChI is InChI=1S/C15H15FN2O/c1-10-5-2-3-6-11(10)9-14(19)18-15-12(16)7-4-8-13(15)17/h2-8H,9,17H2,1H3,(H,18,19). The van der Waals surface area contributed by atoms with Gasteiger partial charge in [-0.2, -0.15) is 0 Å². The molecule has 0 aliphatic heterocycles. The van der Waals surface area contributed by atoms with Gasteiger partial charge in [0, 0.05) is 0 Å². The highest BCUT2D eigenvalue weighted by Crippen LogP contribution is 2.22. The molecule has 0 aliphatic carbocycles. The quantitative estimate of drug-likeness (QED) is 0.832. The molecular formula is C15H15FN2O. The normalized spacial score (nSPS) is 10.2. The number of carbonyl (C=O) groups excluding carboxylic acids is 1. The first-order valence-electron chi connectivity index (χ1n) is 5.96. The molecule has 1 amide bonds. The number of benzene rings is 2. The summed E-state index contributed by atoms with van der Waals surface area (Å²) in [5.74, 6) is -0.816. The second-order valence-electron chi connectivity index (χ2n) is 4.36. The first-order valence-corrected chi connectivity index (χ1v) is 5.96. The summed E-state index contributed by atoms with van der Waals surface area (Å²) < 4.78 is 13.5. The second-order valence-corrected chi connectivity index (χ2v) is 4.36. The lowest BCUT2D eigenvalue weighted by molar-refractivity contribution is -0.115. The summed E-state index contributed by atoms with van der Waals surface area (Å²) in [7, 11) is 0. The van der Waals surface area contributed by atoms with Gasteiger partial charge in [0.1, 0.15) is 11.5 Å². The number of anilines is 2. The molecule has 0 heterocycles. The average Bonchev–Trinajstić information content (AvgIpc) is 2.37. The van der Waals surface area contributed by atoms with Gasteiger partial charge in [-0.1, -0.05) is 30.3 Å². The van der Waals surface area contributed by atoms with Crippen molar-refractivity contribution in [1.82, 2.24) is 0 Å². The number of para-hydroxylation sites is 1. The van der Waals surface area contributed by atoms with Crippen molar-refractivity contribution >= 4 is 17.3 Å². The van der Waals surface area contributed by atoms with Crippen molar-refractivity contribution in [3.05, 3.63) is 59.4 Å². The van der Waals surface area contributed by atoms with Crippen LogP contribution in [-0.4, -0.2) is 5.91 Å². The smallest absolute Gasteiger partial charge is 0.228 e. The van der Waals surface area contributed by atoms with E-state index in [0.717, 1.165) is 11.1 Å². The molecule has 19 heavy (non-hydrogen) atoms. The maximum Gasteiger partial charge on any atom is 0.228 e. The van der Waals surface area contributed by atoms with E-state index in [2.05, 4.69) is 5.32 Å². The minimum absolute atomic E-state index is 0.0427. The number of amides is 1. The zero-order chi connectivity index (χ0) is 13.8. The molecular weight excluding hydrogens is 243 g/mol. The number of carbonyl (C=O) groups is 1. The number of hydrogen-bond donors (Lipinski definition) is 2. The number of hydrogen-bond acceptors (Lipinski definition) is 2. The molecule has 3 N–H and O–H groups in total. The minimum Gasteiger partial charge on any atom is -0.397 e. The van der Waals surface area contributed by atoms with Crippen LogP contribution >= 0.6 is 0 Å². The number of halogens is 1. The van der Waals surface area contributed by atoms with Crippen molar-refractivity contribution in [2.45, 2.75) is 13.3 Å². The molecule has 0 atom stereocenters. The van der Waals surface area contributed by atoms with Crippen LogP contribution < -0.4 is 11.1 Å². The van der Waals surface area contributed by atoms with Crippen LogP contribution in [0.15, 0.2) is 42.5 Å². The van der Waals surface area contributed by atoms with Crippen molar-refractivity contribution < 1.29 is 9.18 Å². The van der Waals surface area contributed by atoms with Crippen LogP contribution in [0.5, 0.6) is 0 Å². The maximum absolute atomic E-state index is 13.5. The van der Waals surface area contributed by atoms with Gasteiger partial charge in [0.15, 0.2) is 0 Å². The van der Waals surface area contributed by atoms with Crippen LogP contribution in [0.4, 0.5) is 15.8 Å². The minimum atomic E-state index is -0.530. The van der Waals surface area contributed by atoms with Crippen LogP contribution in [0.25, 0.3) is 0 Å². The van der Waals surface area contributed by atoms with Crippen LogP contribution in [0, 0.1) is 12.7 Å². The summed E-state index contributed by atoms with van der Waals surface area (Å²) in [6.07, 6.45) is 0.195. The van der Waals surface area contributed by atoms with Gasteiger partial charge in [-0.15, -0.1) is 0 Å². The van der Waals surface area contributed by atoms with E-state index in [9.17, 15) is 9.18 Å². The van der Waals surface area contributed by atoms with Crippen molar-refractivity contribution in [1.29, 1.82) is 0 Å². The third-order valence-corrected chi connectivity index (χ3v) is 2.92. The van der Waals surface area contributed by atoms with Gasteiger partial charge in [0.2, 0.25) is 5.91 Å². The predicted octanol–water partition coefficient (Wildman–Crippen LogP) is 2.90. The number of nitrogens with two attached hydrogens (primary N) is 1. The molecule has 0 saturated carbocycles. The molecule has 0 unspecified atom stereocenters. The Morgan fingerprint density at radius 1 is 1.21 bits per heavy atom. The molecule has 0 radical (unpaired) electrons. The zero-order valence-corrected chi connectivity index (χ0v) is 10.6. The van der Waals surface area contributed by atoms with E-state index < -0.39 is 5.82 Å². The van der Waals surface area contributed by atoms with Crippen LogP contribution in [0.3, 0.4) is 0 Å². The van der Waals surface area contributed by atoms with E-state index in [1.165, 1.54) is 12.1 Å². The summed E-state index contributed by atoms with van der Waals surface area (Å²) in [6.45, 7) is 1.93. The van der Waals surface area contributed by atoms with Gasteiger partial charge < -0.3 is 11.1 Å². The molecule has 0 fully saturated rings. The summed E-state index contributed by atoms with van der Waals surface area (Å²) in [6, 6.07) is 11.9. The average molecular weight is 258 g/mol. The molecule has 98 valence electrons. The first kappa shape index (κ1) is 13.1. The molecule has 0 saturated heterocycles. The van der Waals surface area contributed by atoms with Gasteiger partial charge in [0.05, 0.1) is 12.1 Å². The zero-order valence-electron chi connectivity index (χ0n) is 10.6. The Bertz CT molecular complexity index is 591. The van der Waals surface area contributed by atoms with Crippen molar-refractivity contribution in [3.8, 4) is 0 Å². The molecule has 0 bridgehead atoms. The largest absolute Gasteiger partial charge is 0.397 e. The predicted molar refractivity (Wildman–Crippen MR) is 74.3 cm³/mol. The SMILES string of the molecule is Cc1ccccc1CC(=O)Nc1c(N)cccc1F. The fraction of sp³-hybridized carbons (Fsp3) is 0.133. The molecule has 2 aromatic rings. The van der Waals surface area contributed by atoms with Crippen LogP contribution in [0.2, 0.25) is 0 Å². The monoisotopic (exact) mass is 258 g/mol. The Morgan fingerprint density at radius 2 is 1.95 bits per heavy atom. The van der Waals surface area contributed by atoms with Gasteiger partial charge in [-0.3, -0.25) is 4.79 Å². The maximum atomic E-state index is 13.5. The third kappa shape index (κ3) is 3.10. The van der Waals surface area contributed by atoms with Crippen LogP contribution in [-0.2, 0) is 11.2 Å². The van der Waals surface area contributed by atoms with E-state index in [4.69, 9.17) is 5.73 Å². The summed E-state index contributed by atoms with van der Waals surface area (Å²) in [4.78, 5) is 11.9. The van der Waals surface area contributed by atoms with Crippen LogP contribution in [0.1, 0.15) is 11.1 Å². The fourth-order valence-electron chi connectivity index (χ4n) is 1.84. The summed E-state index contributed by atoms with van der Waals surface area (Å²) >= 11 is 0. The lowest BCUT2D eigenvalue weighted by atomic mass is 10.1. The fourth-order valence-corrected chi connectivity index (χ4v) is 1.84. The summed E-state index contributed by atoms with van der Waals surface area (Å²) in [5.41, 5.74) is 7.84. The van der Waals surface area contributed by atoms with E-state index in [1.54, 1.807) is 6.07 Å². The topological polar surface area (TPSA) is 55.1 Å². The third-order valence-electron chi connectivity index (χ3n) is 2.92.